The molecule has 0 radical (unpaired) electrons. The summed E-state index contributed by atoms with van der Waals surface area (Å²) >= 11 is 0. The summed E-state index contributed by atoms with van der Waals surface area (Å²) in [7, 11) is 5.03. The van der Waals surface area contributed by atoms with Crippen molar-refractivity contribution in [1.82, 2.24) is 0 Å². The minimum atomic E-state index is -1.07. The maximum atomic E-state index is 11.2. The van der Waals surface area contributed by atoms with Crippen LogP contribution in [0.5, 0.6) is 0 Å². The van der Waals surface area contributed by atoms with Gasteiger partial charge in [-0.1, -0.05) is 47.6 Å². The Morgan fingerprint density at radius 2 is 1.62 bits per heavy atom. The number of aliphatic carboxylic acids is 1. The number of hydrogen-bond acceptors (Lipinski definition) is 10. The van der Waals surface area contributed by atoms with Crippen LogP contribution < -0.4 is 0 Å². The predicted octanol–water partition coefficient (Wildman–Crippen LogP) is 6.88. The van der Waals surface area contributed by atoms with Gasteiger partial charge < -0.3 is 48.1 Å². The summed E-state index contributed by atoms with van der Waals surface area (Å²) in [5, 5.41) is 20.3. The molecule has 52 heavy (non-hydrogen) atoms. The van der Waals surface area contributed by atoms with Crippen LogP contribution in [-0.2, 0) is 42.7 Å². The van der Waals surface area contributed by atoms with Gasteiger partial charge in [-0.15, -0.1) is 0 Å². The van der Waals surface area contributed by atoms with Crippen molar-refractivity contribution in [1.29, 1.82) is 0 Å². The van der Waals surface area contributed by atoms with E-state index in [1.807, 2.05) is 6.92 Å². The summed E-state index contributed by atoms with van der Waals surface area (Å²) in [6.07, 6.45) is 7.07. The minimum Gasteiger partial charge on any atom is -0.478 e. The number of methoxy groups -OCH3 is 3. The van der Waals surface area contributed by atoms with Gasteiger partial charge in [-0.3, -0.25) is 0 Å². The zero-order valence-corrected chi connectivity index (χ0v) is 34.0. The lowest BCUT2D eigenvalue weighted by atomic mass is 9.78. The number of aliphatic hydroxyl groups excluding tert-OH is 1. The van der Waals surface area contributed by atoms with E-state index in [-0.39, 0.29) is 66.2 Å². The molecule has 5 heterocycles. The Morgan fingerprint density at radius 1 is 0.923 bits per heavy atom. The van der Waals surface area contributed by atoms with E-state index < -0.39 is 35.0 Å². The molecule has 16 unspecified atom stereocenters. The maximum Gasteiger partial charge on any atom is 0.330 e. The van der Waals surface area contributed by atoms with Crippen molar-refractivity contribution in [3.63, 3.8) is 0 Å². The second-order valence-corrected chi connectivity index (χ2v) is 17.9. The highest BCUT2D eigenvalue weighted by Gasteiger charge is 2.65. The standard InChI is InChI=1S/C41H70O11/c1-23(17-26(4)37(43)44)13-14-30(42)20-31-21-32(45-10)29(7)40(49-31)28(6)22-39(9,52-40)34-15-16-38(8,50-34)36-25(3)19-33(48-36)35-24(2)18-27(5)41(46-11,47-12)51-35/h17,23-25,27-36,42H,13-16,18-22H2,1-12H3,(H,43,44). The predicted molar refractivity (Wildman–Crippen MR) is 195 cm³/mol. The monoisotopic (exact) mass is 738 g/mol. The fourth-order valence-corrected chi connectivity index (χ4v) is 10.8. The van der Waals surface area contributed by atoms with Gasteiger partial charge >= 0.3 is 5.97 Å². The summed E-state index contributed by atoms with van der Waals surface area (Å²) in [6, 6.07) is 0. The van der Waals surface area contributed by atoms with Gasteiger partial charge in [-0.05, 0) is 89.9 Å². The lowest BCUT2D eigenvalue weighted by Gasteiger charge is -2.50. The Hall–Kier alpha value is -1.15. The molecule has 1 spiro atoms. The van der Waals surface area contributed by atoms with E-state index in [4.69, 9.17) is 37.9 Å². The van der Waals surface area contributed by atoms with Crippen molar-refractivity contribution in [3.05, 3.63) is 11.6 Å². The van der Waals surface area contributed by atoms with E-state index in [1.54, 1.807) is 34.3 Å². The highest BCUT2D eigenvalue weighted by molar-refractivity contribution is 5.85. The molecule has 300 valence electrons. The molecule has 5 saturated heterocycles. The smallest absolute Gasteiger partial charge is 0.330 e. The first-order valence-electron chi connectivity index (χ1n) is 20.0. The molecule has 5 aliphatic heterocycles. The lowest BCUT2D eigenvalue weighted by Crippen LogP contribution is -2.58. The molecule has 0 saturated carbocycles. The summed E-state index contributed by atoms with van der Waals surface area (Å²) < 4.78 is 52.4. The first-order chi connectivity index (χ1) is 24.4. The van der Waals surface area contributed by atoms with Crippen LogP contribution in [0.25, 0.3) is 0 Å². The van der Waals surface area contributed by atoms with Crippen molar-refractivity contribution < 1.29 is 52.9 Å². The highest BCUT2D eigenvalue weighted by atomic mass is 16.9. The van der Waals surface area contributed by atoms with Crippen LogP contribution in [0.4, 0.5) is 0 Å². The molecule has 0 aromatic rings. The number of carbonyl (C=O) groups is 1. The molecule has 16 atom stereocenters. The molecule has 0 aromatic heterocycles. The molecule has 0 bridgehead atoms. The number of carboxylic acids is 1. The quantitative estimate of drug-likeness (QED) is 0.152. The van der Waals surface area contributed by atoms with Gasteiger partial charge in [0.15, 0.2) is 5.79 Å². The van der Waals surface area contributed by atoms with Crippen molar-refractivity contribution in [2.24, 2.45) is 35.5 Å². The molecular formula is C41H70O11. The fraction of sp³-hybridized carbons (Fsp3) is 0.927. The molecule has 5 rings (SSSR count). The van der Waals surface area contributed by atoms with Gasteiger partial charge in [0.2, 0.25) is 0 Å². The normalized spacial score (nSPS) is 46.5. The third kappa shape index (κ3) is 8.05. The Morgan fingerprint density at radius 3 is 2.25 bits per heavy atom. The topological polar surface area (TPSA) is 131 Å². The van der Waals surface area contributed by atoms with Gasteiger partial charge in [0.1, 0.15) is 0 Å². The largest absolute Gasteiger partial charge is 0.478 e. The fourth-order valence-electron chi connectivity index (χ4n) is 10.8. The van der Waals surface area contributed by atoms with Gasteiger partial charge in [-0.25, -0.2) is 4.79 Å². The Labute approximate surface area is 312 Å². The summed E-state index contributed by atoms with van der Waals surface area (Å²) in [5.41, 5.74) is -0.735. The van der Waals surface area contributed by atoms with Crippen LogP contribution in [0.1, 0.15) is 120 Å². The third-order valence-electron chi connectivity index (χ3n) is 13.7. The van der Waals surface area contributed by atoms with Crippen molar-refractivity contribution in [2.45, 2.75) is 186 Å². The average molecular weight is 739 g/mol. The molecule has 0 aromatic carbocycles. The Balaban J connectivity index is 1.24. The maximum absolute atomic E-state index is 11.2. The van der Waals surface area contributed by atoms with Crippen molar-refractivity contribution in [3.8, 4) is 0 Å². The van der Waals surface area contributed by atoms with E-state index in [1.165, 1.54) is 0 Å². The van der Waals surface area contributed by atoms with Crippen LogP contribution in [0, 0.1) is 35.5 Å². The SMILES string of the molecule is COC1CC(CC(O)CCC(C)C=C(C)C(=O)O)OC2(OC(C)(C3CCC(C)(C4OC(C5OC(OC)(OC)C(C)CC5C)CC4C)O3)CC2C)C1C. The van der Waals surface area contributed by atoms with E-state index in [0.29, 0.717) is 37.2 Å². The first-order valence-corrected chi connectivity index (χ1v) is 20.0. The Bertz CT molecular complexity index is 1250. The van der Waals surface area contributed by atoms with E-state index in [0.717, 1.165) is 32.1 Å². The molecule has 11 heteroatoms. The highest BCUT2D eigenvalue weighted by Crippen LogP contribution is 2.57. The summed E-state index contributed by atoms with van der Waals surface area (Å²) in [6.45, 7) is 18.9. The van der Waals surface area contributed by atoms with E-state index in [9.17, 15) is 15.0 Å². The second kappa shape index (κ2) is 16.1. The molecule has 11 nitrogen and oxygen atoms in total. The molecule has 5 aliphatic rings. The zero-order valence-electron chi connectivity index (χ0n) is 34.0. The molecule has 5 fully saturated rings. The number of aliphatic hydroxyl groups is 1. The van der Waals surface area contributed by atoms with Crippen molar-refractivity contribution in [2.75, 3.05) is 21.3 Å². The summed E-state index contributed by atoms with van der Waals surface area (Å²) in [4.78, 5) is 11.2. The van der Waals surface area contributed by atoms with Gasteiger partial charge in [-0.2, -0.15) is 0 Å². The molecule has 2 N–H and O–H groups in total. The number of rotatable bonds is 13. The summed E-state index contributed by atoms with van der Waals surface area (Å²) in [5.74, 6) is -2.09. The Kier molecular flexibility index (Phi) is 13.0. The molecular weight excluding hydrogens is 668 g/mol. The van der Waals surface area contributed by atoms with E-state index >= 15 is 0 Å². The molecule has 0 amide bonds. The first kappa shape index (κ1) is 42.0. The zero-order chi connectivity index (χ0) is 38.4. The average Bonchev–Trinajstić information content (AvgIpc) is 3.76. The number of hydrogen-bond donors (Lipinski definition) is 2. The second-order valence-electron chi connectivity index (χ2n) is 17.9. The number of ether oxygens (including phenoxy) is 8. The van der Waals surface area contributed by atoms with Gasteiger partial charge in [0.25, 0.3) is 5.97 Å². The molecule has 0 aliphatic carbocycles. The van der Waals surface area contributed by atoms with Crippen LogP contribution in [0.2, 0.25) is 0 Å². The van der Waals surface area contributed by atoms with Crippen molar-refractivity contribution >= 4 is 5.97 Å². The van der Waals surface area contributed by atoms with Gasteiger partial charge in [0.05, 0.1) is 53.9 Å². The van der Waals surface area contributed by atoms with Crippen LogP contribution >= 0.6 is 0 Å². The van der Waals surface area contributed by atoms with Crippen LogP contribution in [-0.4, -0.2) is 103 Å². The van der Waals surface area contributed by atoms with E-state index in [2.05, 4.69) is 48.5 Å². The number of allylic oxidation sites excluding steroid dienone is 1. The minimum absolute atomic E-state index is 0.0230. The van der Waals surface area contributed by atoms with Gasteiger partial charge in [0, 0.05) is 51.1 Å². The third-order valence-corrected chi connectivity index (χ3v) is 13.7. The lowest BCUT2D eigenvalue weighted by molar-refractivity contribution is -0.426. The van der Waals surface area contributed by atoms with Crippen LogP contribution in [0.15, 0.2) is 11.6 Å². The van der Waals surface area contributed by atoms with Crippen LogP contribution in [0.3, 0.4) is 0 Å². The number of carboxylic acid groups (broad SMARTS) is 1.